The van der Waals surface area contributed by atoms with Gasteiger partial charge < -0.3 is 18.9 Å². The summed E-state index contributed by atoms with van der Waals surface area (Å²) in [5.41, 5.74) is 2.49. The summed E-state index contributed by atoms with van der Waals surface area (Å²) in [6, 6.07) is 12.4. The lowest BCUT2D eigenvalue weighted by molar-refractivity contribution is 0.122. The van der Waals surface area contributed by atoms with Crippen LogP contribution >= 0.6 is 0 Å². The Hall–Kier alpha value is -2.44. The van der Waals surface area contributed by atoms with Crippen LogP contribution in [0.3, 0.4) is 0 Å². The van der Waals surface area contributed by atoms with Crippen LogP contribution in [0.5, 0.6) is 23.0 Å². The summed E-state index contributed by atoms with van der Waals surface area (Å²) in [6.45, 7) is 6.31. The smallest absolute Gasteiger partial charge is 0.231 e. The normalized spacial score (nSPS) is 17.1. The molecule has 1 saturated heterocycles. The highest BCUT2D eigenvalue weighted by molar-refractivity contribution is 5.55. The Morgan fingerprint density at radius 1 is 0.852 bits per heavy atom. The first-order valence-electron chi connectivity index (χ1n) is 9.29. The standard InChI is InChI=1S/C21H26N2O4/c1-24-18-5-3-4-16(10-18)13-22-6-8-23(9-7-22)14-17-11-19(25-2)21-20(12-17)26-15-27-21/h3-5,10-12H,6-9,13-15H2,1-2H3. The van der Waals surface area contributed by atoms with Crippen LogP contribution in [0.4, 0.5) is 0 Å². The third-order valence-electron chi connectivity index (χ3n) is 5.13. The fourth-order valence-electron chi connectivity index (χ4n) is 3.67. The summed E-state index contributed by atoms with van der Waals surface area (Å²) < 4.78 is 21.8. The van der Waals surface area contributed by atoms with Gasteiger partial charge in [-0.05, 0) is 35.4 Å². The van der Waals surface area contributed by atoms with Crippen molar-refractivity contribution < 1.29 is 18.9 Å². The number of rotatable bonds is 6. The second-order valence-corrected chi connectivity index (χ2v) is 6.94. The minimum Gasteiger partial charge on any atom is -0.497 e. The summed E-state index contributed by atoms with van der Waals surface area (Å²) >= 11 is 0. The van der Waals surface area contributed by atoms with Crippen molar-refractivity contribution in [3.05, 3.63) is 47.5 Å². The zero-order valence-corrected chi connectivity index (χ0v) is 15.9. The number of fused-ring (bicyclic) bond motifs is 1. The van der Waals surface area contributed by atoms with Crippen LogP contribution < -0.4 is 18.9 Å². The summed E-state index contributed by atoms with van der Waals surface area (Å²) in [6.07, 6.45) is 0. The van der Waals surface area contributed by atoms with Gasteiger partial charge in [0.1, 0.15) is 5.75 Å². The predicted octanol–water partition coefficient (Wildman–Crippen LogP) is 2.75. The van der Waals surface area contributed by atoms with Gasteiger partial charge >= 0.3 is 0 Å². The number of benzene rings is 2. The Kier molecular flexibility index (Phi) is 5.36. The van der Waals surface area contributed by atoms with Crippen LogP contribution in [-0.4, -0.2) is 57.0 Å². The van der Waals surface area contributed by atoms with Crippen molar-refractivity contribution in [1.82, 2.24) is 9.80 Å². The summed E-state index contributed by atoms with van der Waals surface area (Å²) in [7, 11) is 3.38. The van der Waals surface area contributed by atoms with E-state index in [1.165, 1.54) is 11.1 Å². The molecule has 0 amide bonds. The zero-order valence-electron chi connectivity index (χ0n) is 15.9. The molecule has 0 unspecified atom stereocenters. The van der Waals surface area contributed by atoms with Gasteiger partial charge in [0.25, 0.3) is 0 Å². The van der Waals surface area contributed by atoms with Crippen LogP contribution in [0, 0.1) is 0 Å². The zero-order chi connectivity index (χ0) is 18.6. The van der Waals surface area contributed by atoms with Crippen molar-refractivity contribution in [3.63, 3.8) is 0 Å². The van der Waals surface area contributed by atoms with Gasteiger partial charge in [-0.15, -0.1) is 0 Å². The molecule has 2 aromatic rings. The average Bonchev–Trinajstić information content (AvgIpc) is 3.17. The van der Waals surface area contributed by atoms with E-state index in [9.17, 15) is 0 Å². The first-order valence-corrected chi connectivity index (χ1v) is 9.29. The molecular weight excluding hydrogens is 344 g/mol. The van der Waals surface area contributed by atoms with E-state index in [0.29, 0.717) is 5.75 Å². The molecule has 0 N–H and O–H groups in total. The van der Waals surface area contributed by atoms with Crippen molar-refractivity contribution in [2.45, 2.75) is 13.1 Å². The fourth-order valence-corrected chi connectivity index (χ4v) is 3.67. The number of ether oxygens (including phenoxy) is 4. The first-order chi connectivity index (χ1) is 13.2. The van der Waals surface area contributed by atoms with Crippen LogP contribution in [0.2, 0.25) is 0 Å². The Balaban J connectivity index is 1.33. The lowest BCUT2D eigenvalue weighted by Crippen LogP contribution is -2.45. The molecular formula is C21H26N2O4. The molecule has 0 saturated carbocycles. The van der Waals surface area contributed by atoms with Crippen molar-refractivity contribution in [2.24, 2.45) is 0 Å². The van der Waals surface area contributed by atoms with Crippen LogP contribution in [0.1, 0.15) is 11.1 Å². The highest BCUT2D eigenvalue weighted by Gasteiger charge is 2.22. The van der Waals surface area contributed by atoms with Gasteiger partial charge in [-0.1, -0.05) is 12.1 Å². The van der Waals surface area contributed by atoms with E-state index in [1.807, 2.05) is 6.07 Å². The molecule has 6 nitrogen and oxygen atoms in total. The van der Waals surface area contributed by atoms with Crippen LogP contribution in [0.25, 0.3) is 0 Å². The van der Waals surface area contributed by atoms with Crippen molar-refractivity contribution in [2.75, 3.05) is 47.2 Å². The molecule has 2 heterocycles. The molecule has 6 heteroatoms. The van der Waals surface area contributed by atoms with Gasteiger partial charge in [-0.3, -0.25) is 9.80 Å². The van der Waals surface area contributed by atoms with Crippen LogP contribution in [0.15, 0.2) is 36.4 Å². The number of methoxy groups -OCH3 is 2. The molecule has 0 aromatic heterocycles. The van der Waals surface area contributed by atoms with Gasteiger partial charge in [-0.25, -0.2) is 0 Å². The Morgan fingerprint density at radius 3 is 2.30 bits per heavy atom. The Labute approximate surface area is 160 Å². The highest BCUT2D eigenvalue weighted by Crippen LogP contribution is 2.42. The minimum atomic E-state index is 0.262. The molecule has 144 valence electrons. The lowest BCUT2D eigenvalue weighted by Gasteiger charge is -2.34. The Bertz CT molecular complexity index is 788. The second-order valence-electron chi connectivity index (χ2n) is 6.94. The maximum Gasteiger partial charge on any atom is 0.231 e. The molecule has 4 rings (SSSR count). The number of nitrogens with zero attached hydrogens (tertiary/aromatic N) is 2. The summed E-state index contributed by atoms with van der Waals surface area (Å²) in [5.74, 6) is 3.16. The van der Waals surface area contributed by atoms with Gasteiger partial charge in [0.2, 0.25) is 12.5 Å². The molecule has 0 atom stereocenters. The van der Waals surface area contributed by atoms with E-state index >= 15 is 0 Å². The molecule has 1 fully saturated rings. The maximum absolute atomic E-state index is 5.53. The highest BCUT2D eigenvalue weighted by atomic mass is 16.7. The van der Waals surface area contributed by atoms with E-state index in [1.54, 1.807) is 14.2 Å². The molecule has 27 heavy (non-hydrogen) atoms. The molecule has 0 radical (unpaired) electrons. The molecule has 0 aliphatic carbocycles. The van der Waals surface area contributed by atoms with E-state index in [-0.39, 0.29) is 6.79 Å². The van der Waals surface area contributed by atoms with Crippen molar-refractivity contribution >= 4 is 0 Å². The minimum absolute atomic E-state index is 0.262. The lowest BCUT2D eigenvalue weighted by atomic mass is 10.1. The van der Waals surface area contributed by atoms with E-state index in [4.69, 9.17) is 18.9 Å². The van der Waals surface area contributed by atoms with Gasteiger partial charge in [0.15, 0.2) is 11.5 Å². The van der Waals surface area contributed by atoms with Gasteiger partial charge in [-0.2, -0.15) is 0 Å². The summed E-state index contributed by atoms with van der Waals surface area (Å²) in [4.78, 5) is 4.96. The van der Waals surface area contributed by atoms with E-state index < -0.39 is 0 Å². The molecule has 2 aromatic carbocycles. The van der Waals surface area contributed by atoms with Gasteiger partial charge in [0, 0.05) is 39.3 Å². The average molecular weight is 370 g/mol. The van der Waals surface area contributed by atoms with Crippen molar-refractivity contribution in [1.29, 1.82) is 0 Å². The van der Waals surface area contributed by atoms with Crippen molar-refractivity contribution in [3.8, 4) is 23.0 Å². The quantitative estimate of drug-likeness (QED) is 0.779. The van der Waals surface area contributed by atoms with Crippen LogP contribution in [-0.2, 0) is 13.1 Å². The largest absolute Gasteiger partial charge is 0.497 e. The first kappa shape index (κ1) is 17.9. The number of hydrogen-bond acceptors (Lipinski definition) is 6. The third kappa shape index (κ3) is 4.12. The number of hydrogen-bond donors (Lipinski definition) is 0. The maximum atomic E-state index is 5.53. The molecule has 2 aliphatic heterocycles. The second kappa shape index (κ2) is 8.06. The topological polar surface area (TPSA) is 43.4 Å². The predicted molar refractivity (Wildman–Crippen MR) is 103 cm³/mol. The monoisotopic (exact) mass is 370 g/mol. The number of piperazine rings is 1. The SMILES string of the molecule is COc1cccc(CN2CCN(Cc3cc(OC)c4c(c3)OCO4)CC2)c1. The van der Waals surface area contributed by atoms with E-state index in [2.05, 4.69) is 40.1 Å². The Morgan fingerprint density at radius 2 is 1.59 bits per heavy atom. The third-order valence-corrected chi connectivity index (χ3v) is 5.13. The molecule has 0 spiro atoms. The molecule has 2 aliphatic rings. The summed E-state index contributed by atoms with van der Waals surface area (Å²) in [5, 5.41) is 0. The fraction of sp³-hybridized carbons (Fsp3) is 0.429. The molecule has 0 bridgehead atoms. The van der Waals surface area contributed by atoms with Gasteiger partial charge in [0.05, 0.1) is 14.2 Å². The van der Waals surface area contributed by atoms with E-state index in [0.717, 1.165) is 56.5 Å².